The van der Waals surface area contributed by atoms with Gasteiger partial charge in [-0.3, -0.25) is 0 Å². The van der Waals surface area contributed by atoms with Crippen molar-refractivity contribution in [3.63, 3.8) is 0 Å². The molecular weight excluding hydrogens is 213 g/mol. The molecule has 0 heterocycles. The van der Waals surface area contributed by atoms with Gasteiger partial charge in [-0.05, 0) is 49.9 Å². The molecule has 1 aliphatic rings. The summed E-state index contributed by atoms with van der Waals surface area (Å²) in [5.74, 6) is 0. The highest BCUT2D eigenvalue weighted by molar-refractivity contribution is 5.48. The van der Waals surface area contributed by atoms with Gasteiger partial charge < -0.3 is 5.32 Å². The van der Waals surface area contributed by atoms with Crippen molar-refractivity contribution < 1.29 is 4.39 Å². The smallest absolute Gasteiger partial charge is 0.128 e. The fourth-order valence-electron chi connectivity index (χ4n) is 2.70. The van der Waals surface area contributed by atoms with Gasteiger partial charge >= 0.3 is 0 Å². The van der Waals surface area contributed by atoms with Crippen LogP contribution in [0.2, 0.25) is 0 Å². The van der Waals surface area contributed by atoms with Crippen LogP contribution in [0.15, 0.2) is 18.2 Å². The van der Waals surface area contributed by atoms with Crippen molar-refractivity contribution in [2.24, 2.45) is 0 Å². The lowest BCUT2D eigenvalue weighted by Crippen LogP contribution is -2.34. The molecule has 94 valence electrons. The Balaban J connectivity index is 1.96. The predicted molar refractivity (Wildman–Crippen MR) is 71.3 cm³/mol. The van der Waals surface area contributed by atoms with E-state index >= 15 is 0 Å². The van der Waals surface area contributed by atoms with Crippen molar-refractivity contribution in [3.8, 4) is 0 Å². The van der Waals surface area contributed by atoms with E-state index < -0.39 is 5.67 Å². The lowest BCUT2D eigenvalue weighted by molar-refractivity contribution is 0.122. The second kappa shape index (κ2) is 5.07. The summed E-state index contributed by atoms with van der Waals surface area (Å²) in [5, 5.41) is 3.26. The van der Waals surface area contributed by atoms with Gasteiger partial charge in [0.25, 0.3) is 0 Å². The topological polar surface area (TPSA) is 12.0 Å². The average Bonchev–Trinajstić information content (AvgIpc) is 2.26. The molecule has 0 bridgehead atoms. The largest absolute Gasteiger partial charge is 0.382 e. The summed E-state index contributed by atoms with van der Waals surface area (Å²) in [6.07, 6.45) is 4.68. The lowest BCUT2D eigenvalue weighted by Gasteiger charge is -2.30. The first kappa shape index (κ1) is 12.4. The highest BCUT2D eigenvalue weighted by Crippen LogP contribution is 2.32. The molecule has 1 aromatic rings. The Kier molecular flexibility index (Phi) is 3.70. The van der Waals surface area contributed by atoms with Crippen LogP contribution >= 0.6 is 0 Å². The summed E-state index contributed by atoms with van der Waals surface area (Å²) in [7, 11) is 0. The molecule has 1 nitrogen and oxygen atoms in total. The third-order valence-corrected chi connectivity index (χ3v) is 3.58. The van der Waals surface area contributed by atoms with Crippen molar-refractivity contribution >= 4 is 5.69 Å². The fraction of sp³-hybridized carbons (Fsp3) is 0.600. The zero-order chi connectivity index (χ0) is 12.3. The molecule has 1 aromatic carbocycles. The van der Waals surface area contributed by atoms with E-state index in [9.17, 15) is 4.39 Å². The van der Waals surface area contributed by atoms with Crippen molar-refractivity contribution in [2.45, 2.75) is 51.6 Å². The maximum atomic E-state index is 14.4. The molecule has 0 atom stereocenters. The van der Waals surface area contributed by atoms with Gasteiger partial charge in [-0.25, -0.2) is 4.39 Å². The van der Waals surface area contributed by atoms with Crippen LogP contribution in [0.1, 0.15) is 43.2 Å². The third-order valence-electron chi connectivity index (χ3n) is 3.58. The summed E-state index contributed by atoms with van der Waals surface area (Å²) >= 11 is 0. The van der Waals surface area contributed by atoms with Crippen LogP contribution in [0.25, 0.3) is 0 Å². The summed E-state index contributed by atoms with van der Waals surface area (Å²) in [6, 6.07) is 6.30. The van der Waals surface area contributed by atoms with Gasteiger partial charge in [-0.15, -0.1) is 0 Å². The van der Waals surface area contributed by atoms with E-state index in [1.54, 1.807) is 0 Å². The van der Waals surface area contributed by atoms with Gasteiger partial charge in [0.1, 0.15) is 5.67 Å². The van der Waals surface area contributed by atoms with Gasteiger partial charge in [-0.1, -0.05) is 25.3 Å². The normalized spacial score (nSPS) is 19.0. The van der Waals surface area contributed by atoms with Crippen molar-refractivity contribution in [1.82, 2.24) is 0 Å². The number of rotatable bonds is 3. The van der Waals surface area contributed by atoms with Crippen LogP contribution in [-0.2, 0) is 0 Å². The standard InChI is InChI=1S/C15H22FN/c1-12-8-13(2)10-14(9-12)17-11-15(16)6-4-3-5-7-15/h8-10,17H,3-7,11H2,1-2H3. The number of anilines is 1. The average molecular weight is 235 g/mol. The minimum atomic E-state index is -0.990. The minimum absolute atomic E-state index is 0.454. The van der Waals surface area contributed by atoms with Gasteiger partial charge in [0.05, 0.1) is 0 Å². The maximum Gasteiger partial charge on any atom is 0.128 e. The summed E-state index contributed by atoms with van der Waals surface area (Å²) in [4.78, 5) is 0. The first-order chi connectivity index (χ1) is 8.07. The molecule has 0 saturated heterocycles. The SMILES string of the molecule is Cc1cc(C)cc(NCC2(F)CCCCC2)c1. The van der Waals surface area contributed by atoms with Crippen molar-refractivity contribution in [1.29, 1.82) is 0 Å². The first-order valence-electron chi connectivity index (χ1n) is 6.59. The zero-order valence-electron chi connectivity index (χ0n) is 10.9. The number of hydrogen-bond donors (Lipinski definition) is 1. The molecule has 0 aromatic heterocycles. The lowest BCUT2D eigenvalue weighted by atomic mass is 9.86. The summed E-state index contributed by atoms with van der Waals surface area (Å²) in [5.41, 5.74) is 2.51. The number of aryl methyl sites for hydroxylation is 2. The molecule has 1 fully saturated rings. The maximum absolute atomic E-state index is 14.4. The van der Waals surface area contributed by atoms with E-state index in [0.717, 1.165) is 18.5 Å². The summed E-state index contributed by atoms with van der Waals surface area (Å²) in [6.45, 7) is 4.60. The predicted octanol–water partition coefficient (Wildman–Crippen LogP) is 4.39. The molecule has 1 saturated carbocycles. The summed E-state index contributed by atoms with van der Waals surface area (Å²) < 4.78 is 14.4. The fourth-order valence-corrected chi connectivity index (χ4v) is 2.70. The Bertz CT molecular complexity index is 360. The molecule has 2 rings (SSSR count). The number of nitrogens with one attached hydrogen (secondary N) is 1. The van der Waals surface area contributed by atoms with E-state index in [0.29, 0.717) is 19.4 Å². The van der Waals surface area contributed by atoms with E-state index in [2.05, 4.69) is 37.4 Å². The second-order valence-electron chi connectivity index (χ2n) is 5.44. The van der Waals surface area contributed by atoms with Crippen molar-refractivity contribution in [2.75, 3.05) is 11.9 Å². The van der Waals surface area contributed by atoms with Gasteiger partial charge in [0.2, 0.25) is 0 Å². The minimum Gasteiger partial charge on any atom is -0.382 e. The monoisotopic (exact) mass is 235 g/mol. The van der Waals surface area contributed by atoms with E-state index in [4.69, 9.17) is 0 Å². The van der Waals surface area contributed by atoms with Crippen LogP contribution in [0.5, 0.6) is 0 Å². The Hall–Kier alpha value is -1.05. The number of halogens is 1. The molecule has 0 unspecified atom stereocenters. The van der Waals surface area contributed by atoms with E-state index in [-0.39, 0.29) is 0 Å². The van der Waals surface area contributed by atoms with Gasteiger partial charge in [0.15, 0.2) is 0 Å². The van der Waals surface area contributed by atoms with E-state index in [1.165, 1.54) is 17.5 Å². The van der Waals surface area contributed by atoms with Crippen molar-refractivity contribution in [3.05, 3.63) is 29.3 Å². The van der Waals surface area contributed by atoms with E-state index in [1.807, 2.05) is 0 Å². The third kappa shape index (κ3) is 3.45. The molecule has 0 radical (unpaired) electrons. The van der Waals surface area contributed by atoms with Crippen LogP contribution in [0, 0.1) is 13.8 Å². The molecule has 0 aliphatic heterocycles. The highest BCUT2D eigenvalue weighted by atomic mass is 19.1. The van der Waals surface area contributed by atoms with Crippen LogP contribution in [0.3, 0.4) is 0 Å². The second-order valence-corrected chi connectivity index (χ2v) is 5.44. The Morgan fingerprint density at radius 1 is 1.06 bits per heavy atom. The first-order valence-corrected chi connectivity index (χ1v) is 6.59. The quantitative estimate of drug-likeness (QED) is 0.819. The molecule has 2 heteroatoms. The molecular formula is C15H22FN. The molecule has 1 N–H and O–H groups in total. The van der Waals surface area contributed by atoms with Gasteiger partial charge in [-0.2, -0.15) is 0 Å². The zero-order valence-corrected chi connectivity index (χ0v) is 10.9. The highest BCUT2D eigenvalue weighted by Gasteiger charge is 2.31. The Labute approximate surface area is 103 Å². The molecule has 0 spiro atoms. The van der Waals surface area contributed by atoms with Crippen LogP contribution in [0.4, 0.5) is 10.1 Å². The molecule has 17 heavy (non-hydrogen) atoms. The number of benzene rings is 1. The van der Waals surface area contributed by atoms with Gasteiger partial charge in [0, 0.05) is 12.2 Å². The molecule has 0 amide bonds. The Morgan fingerprint density at radius 3 is 2.24 bits per heavy atom. The van der Waals surface area contributed by atoms with Crippen LogP contribution < -0.4 is 5.32 Å². The number of alkyl halides is 1. The Morgan fingerprint density at radius 2 is 1.65 bits per heavy atom. The van der Waals surface area contributed by atoms with Crippen LogP contribution in [-0.4, -0.2) is 12.2 Å². The molecule has 1 aliphatic carbocycles. The number of hydrogen-bond acceptors (Lipinski definition) is 1.